The molecule has 10 heavy (non-hydrogen) atoms. The summed E-state index contributed by atoms with van der Waals surface area (Å²) in [6.07, 6.45) is 3.40. The van der Waals surface area contributed by atoms with Crippen molar-refractivity contribution < 1.29 is 4.79 Å². The molecule has 0 spiro atoms. The Bertz CT molecular complexity index is 201. The Hall–Kier alpha value is -0.920. The van der Waals surface area contributed by atoms with Gasteiger partial charge in [0.1, 0.15) is 6.54 Å². The molecular formula is C8H11NO. The molecule has 1 aliphatic heterocycles. The second kappa shape index (κ2) is 2.78. The van der Waals surface area contributed by atoms with E-state index in [2.05, 4.69) is 18.8 Å². The Morgan fingerprint density at radius 2 is 2.20 bits per heavy atom. The van der Waals surface area contributed by atoms with Crippen LogP contribution in [0.4, 0.5) is 0 Å². The Morgan fingerprint density at radius 3 is 2.60 bits per heavy atom. The van der Waals surface area contributed by atoms with E-state index < -0.39 is 0 Å². The van der Waals surface area contributed by atoms with Gasteiger partial charge in [0.15, 0.2) is 5.78 Å². The molecule has 0 unspecified atom stereocenters. The summed E-state index contributed by atoms with van der Waals surface area (Å²) < 4.78 is 0. The standard InChI is InChI=1S/C8H11NO/c1-6(2)8-4-3-7(10)5-9-8/h3-4,6H,5H2,1-2H3. The van der Waals surface area contributed by atoms with Gasteiger partial charge >= 0.3 is 0 Å². The minimum atomic E-state index is 0.101. The molecule has 0 bridgehead atoms. The molecule has 2 heteroatoms. The van der Waals surface area contributed by atoms with Crippen molar-refractivity contribution in [1.82, 2.24) is 0 Å². The lowest BCUT2D eigenvalue weighted by atomic mass is 10.1. The van der Waals surface area contributed by atoms with Crippen LogP contribution in [0.1, 0.15) is 13.8 Å². The average Bonchev–Trinajstić information content (AvgIpc) is 1.88. The summed E-state index contributed by atoms with van der Waals surface area (Å²) in [4.78, 5) is 14.7. The van der Waals surface area contributed by atoms with Crippen molar-refractivity contribution in [1.29, 1.82) is 0 Å². The molecule has 0 atom stereocenters. The normalized spacial score (nSPS) is 17.9. The molecule has 0 radical (unpaired) electrons. The second-order valence-corrected chi connectivity index (χ2v) is 2.70. The molecule has 2 nitrogen and oxygen atoms in total. The number of carbonyl (C=O) groups excluding carboxylic acids is 1. The molecule has 1 heterocycles. The molecule has 0 saturated carbocycles. The van der Waals surface area contributed by atoms with E-state index in [9.17, 15) is 4.79 Å². The topological polar surface area (TPSA) is 29.4 Å². The van der Waals surface area contributed by atoms with Gasteiger partial charge in [0.05, 0.1) is 0 Å². The maximum Gasteiger partial charge on any atom is 0.177 e. The first-order valence-electron chi connectivity index (χ1n) is 3.45. The van der Waals surface area contributed by atoms with Gasteiger partial charge in [0.2, 0.25) is 0 Å². The van der Waals surface area contributed by atoms with Crippen LogP contribution in [0.15, 0.2) is 17.1 Å². The molecule has 0 aromatic carbocycles. The monoisotopic (exact) mass is 137 g/mol. The van der Waals surface area contributed by atoms with E-state index in [1.54, 1.807) is 12.2 Å². The second-order valence-electron chi connectivity index (χ2n) is 2.70. The zero-order valence-electron chi connectivity index (χ0n) is 6.29. The third-order valence-corrected chi connectivity index (χ3v) is 1.45. The lowest BCUT2D eigenvalue weighted by Crippen LogP contribution is -2.13. The summed E-state index contributed by atoms with van der Waals surface area (Å²) in [5.41, 5.74) is 1.03. The third kappa shape index (κ3) is 1.53. The van der Waals surface area contributed by atoms with Crippen LogP contribution < -0.4 is 0 Å². The summed E-state index contributed by atoms with van der Waals surface area (Å²) in [5.74, 6) is 0.536. The SMILES string of the molecule is CC(C)C1=NCC(=O)C=C1. The maximum absolute atomic E-state index is 10.6. The molecular weight excluding hydrogens is 126 g/mol. The zero-order valence-corrected chi connectivity index (χ0v) is 6.29. The van der Waals surface area contributed by atoms with E-state index in [-0.39, 0.29) is 5.78 Å². The Morgan fingerprint density at radius 1 is 1.50 bits per heavy atom. The number of allylic oxidation sites excluding steroid dienone is 1. The lowest BCUT2D eigenvalue weighted by Gasteiger charge is -2.07. The van der Waals surface area contributed by atoms with Crippen molar-refractivity contribution in [3.05, 3.63) is 12.2 Å². The number of nitrogens with zero attached hydrogens (tertiary/aromatic N) is 1. The van der Waals surface area contributed by atoms with E-state index in [1.807, 2.05) is 0 Å². The number of ketones is 1. The van der Waals surface area contributed by atoms with E-state index in [0.717, 1.165) is 5.71 Å². The van der Waals surface area contributed by atoms with Crippen LogP contribution in [0, 0.1) is 5.92 Å². The highest BCUT2D eigenvalue weighted by Crippen LogP contribution is 2.02. The molecule has 0 N–H and O–H groups in total. The molecule has 1 aliphatic rings. The van der Waals surface area contributed by atoms with E-state index in [4.69, 9.17) is 0 Å². The van der Waals surface area contributed by atoms with Gasteiger partial charge in [-0.1, -0.05) is 13.8 Å². The lowest BCUT2D eigenvalue weighted by molar-refractivity contribution is -0.113. The number of carbonyl (C=O) groups is 1. The molecule has 0 aliphatic carbocycles. The quantitative estimate of drug-likeness (QED) is 0.534. The summed E-state index contributed by atoms with van der Waals surface area (Å²) in [6.45, 7) is 4.47. The number of dihydropyridines is 1. The van der Waals surface area contributed by atoms with E-state index in [0.29, 0.717) is 12.5 Å². The van der Waals surface area contributed by atoms with Crippen LogP contribution in [0.3, 0.4) is 0 Å². The van der Waals surface area contributed by atoms with Gasteiger partial charge in [-0.25, -0.2) is 0 Å². The van der Waals surface area contributed by atoms with Crippen LogP contribution in [-0.4, -0.2) is 18.0 Å². The van der Waals surface area contributed by atoms with Gasteiger partial charge in [-0.15, -0.1) is 0 Å². The van der Waals surface area contributed by atoms with Crippen molar-refractivity contribution >= 4 is 11.5 Å². The molecule has 0 aromatic heterocycles. The number of aliphatic imine (C=N–C) groups is 1. The van der Waals surface area contributed by atoms with Crippen molar-refractivity contribution in [3.8, 4) is 0 Å². The first-order chi connectivity index (χ1) is 4.70. The minimum Gasteiger partial charge on any atom is -0.293 e. The summed E-state index contributed by atoms with van der Waals surface area (Å²) in [7, 11) is 0. The van der Waals surface area contributed by atoms with Crippen LogP contribution in [0.2, 0.25) is 0 Å². The fourth-order valence-corrected chi connectivity index (χ4v) is 0.828. The highest BCUT2D eigenvalue weighted by molar-refractivity contribution is 6.07. The highest BCUT2D eigenvalue weighted by Gasteiger charge is 2.06. The maximum atomic E-state index is 10.6. The van der Waals surface area contributed by atoms with Crippen LogP contribution >= 0.6 is 0 Å². The van der Waals surface area contributed by atoms with Crippen LogP contribution in [-0.2, 0) is 4.79 Å². The number of rotatable bonds is 1. The minimum absolute atomic E-state index is 0.101. The number of hydrogen-bond acceptors (Lipinski definition) is 2. The average molecular weight is 137 g/mol. The smallest absolute Gasteiger partial charge is 0.177 e. The van der Waals surface area contributed by atoms with Crippen LogP contribution in [0.5, 0.6) is 0 Å². The summed E-state index contributed by atoms with van der Waals surface area (Å²) in [5, 5.41) is 0. The van der Waals surface area contributed by atoms with Gasteiger partial charge in [0, 0.05) is 5.71 Å². The summed E-state index contributed by atoms with van der Waals surface area (Å²) in [6, 6.07) is 0. The predicted molar refractivity (Wildman–Crippen MR) is 41.3 cm³/mol. The molecule has 0 amide bonds. The van der Waals surface area contributed by atoms with Crippen LogP contribution in [0.25, 0.3) is 0 Å². The molecule has 0 aromatic rings. The fourth-order valence-electron chi connectivity index (χ4n) is 0.828. The van der Waals surface area contributed by atoms with Gasteiger partial charge in [-0.3, -0.25) is 9.79 Å². The van der Waals surface area contributed by atoms with Crippen molar-refractivity contribution in [2.45, 2.75) is 13.8 Å². The van der Waals surface area contributed by atoms with Crippen molar-refractivity contribution in [2.75, 3.05) is 6.54 Å². The molecule has 54 valence electrons. The van der Waals surface area contributed by atoms with Gasteiger partial charge in [-0.2, -0.15) is 0 Å². The van der Waals surface area contributed by atoms with Gasteiger partial charge in [0.25, 0.3) is 0 Å². The number of hydrogen-bond donors (Lipinski definition) is 0. The van der Waals surface area contributed by atoms with Gasteiger partial charge in [-0.05, 0) is 18.1 Å². The van der Waals surface area contributed by atoms with E-state index in [1.165, 1.54) is 0 Å². The molecule has 1 rings (SSSR count). The first kappa shape index (κ1) is 7.19. The largest absolute Gasteiger partial charge is 0.293 e. The predicted octanol–water partition coefficient (Wildman–Crippen LogP) is 1.22. The van der Waals surface area contributed by atoms with E-state index >= 15 is 0 Å². The van der Waals surface area contributed by atoms with Crippen molar-refractivity contribution in [3.63, 3.8) is 0 Å². The third-order valence-electron chi connectivity index (χ3n) is 1.45. The van der Waals surface area contributed by atoms with Gasteiger partial charge < -0.3 is 0 Å². The Kier molecular flexibility index (Phi) is 2.00. The first-order valence-corrected chi connectivity index (χ1v) is 3.45. The fraction of sp³-hybridized carbons (Fsp3) is 0.500. The summed E-state index contributed by atoms with van der Waals surface area (Å²) >= 11 is 0. The highest BCUT2D eigenvalue weighted by atomic mass is 16.1. The zero-order chi connectivity index (χ0) is 7.56. The Balaban J connectivity index is 2.67. The Labute approximate surface area is 60.7 Å². The van der Waals surface area contributed by atoms with Crippen molar-refractivity contribution in [2.24, 2.45) is 10.9 Å². The molecule has 0 saturated heterocycles. The molecule has 0 fully saturated rings.